The molecular formula is C69H72N2O4. The molecule has 0 spiro atoms. The van der Waals surface area contributed by atoms with Crippen molar-refractivity contribution in [3.05, 3.63) is 215 Å². The molecule has 9 rings (SSSR count). The first-order chi connectivity index (χ1) is 36.9. The van der Waals surface area contributed by atoms with Crippen LogP contribution in [0.3, 0.4) is 0 Å². The Hall–Kier alpha value is -7.96. The Morgan fingerprint density at radius 1 is 0.320 bits per heavy atom. The summed E-state index contributed by atoms with van der Waals surface area (Å²) in [6, 6.07) is 64.9. The Bertz CT molecular complexity index is 2830. The molecule has 8 aromatic rings. The number of hydrogen-bond donors (Lipinski definition) is 0. The predicted molar refractivity (Wildman–Crippen MR) is 316 cm³/mol. The summed E-state index contributed by atoms with van der Waals surface area (Å²) >= 11 is 0. The van der Waals surface area contributed by atoms with E-state index in [2.05, 4.69) is 181 Å². The second-order valence-corrected chi connectivity index (χ2v) is 19.6. The van der Waals surface area contributed by atoms with Gasteiger partial charge >= 0.3 is 0 Å². The summed E-state index contributed by atoms with van der Waals surface area (Å²) in [5, 5.41) is 0. The third-order valence-corrected chi connectivity index (χ3v) is 14.9. The lowest BCUT2D eigenvalue weighted by Crippen LogP contribution is -2.25. The van der Waals surface area contributed by atoms with Crippen molar-refractivity contribution in [1.82, 2.24) is 0 Å². The van der Waals surface area contributed by atoms with Crippen LogP contribution < -0.4 is 28.7 Å². The first-order valence-electron chi connectivity index (χ1n) is 26.9. The number of ether oxygens (including phenoxy) is 4. The first-order valence-corrected chi connectivity index (χ1v) is 26.9. The molecule has 75 heavy (non-hydrogen) atoms. The van der Waals surface area contributed by atoms with Crippen molar-refractivity contribution in [1.29, 1.82) is 0 Å². The number of anilines is 6. The fourth-order valence-corrected chi connectivity index (χ4v) is 10.8. The Morgan fingerprint density at radius 2 is 0.587 bits per heavy atom. The lowest BCUT2D eigenvalue weighted by Gasteiger charge is -2.33. The van der Waals surface area contributed by atoms with Crippen LogP contribution in [0.25, 0.3) is 35.4 Å². The SMILES string of the molecule is CCCCCCC1(CCCCCC)c2cc(/C=C/c3ccc(N(c4ccc(OC)cc4)c4ccc(OC)cc4)cc3)ccc2-c2ccc(/C=C/c3ccc(N(c4ccc(OC)cc4)c4ccc(OC)cc4)cc3)cc21. The van der Waals surface area contributed by atoms with Crippen molar-refractivity contribution in [2.75, 3.05) is 38.2 Å². The highest BCUT2D eigenvalue weighted by Gasteiger charge is 2.42. The molecular weight excluding hydrogens is 921 g/mol. The molecule has 0 saturated heterocycles. The molecule has 0 aliphatic heterocycles. The predicted octanol–water partition coefficient (Wildman–Crippen LogP) is 19.2. The van der Waals surface area contributed by atoms with Gasteiger partial charge in [-0.25, -0.2) is 0 Å². The van der Waals surface area contributed by atoms with Gasteiger partial charge in [0.05, 0.1) is 28.4 Å². The van der Waals surface area contributed by atoms with Crippen LogP contribution in [0, 0.1) is 0 Å². The van der Waals surface area contributed by atoms with Crippen LogP contribution in [0.5, 0.6) is 23.0 Å². The fraction of sp³-hybridized carbons (Fsp3) is 0.246. The van der Waals surface area contributed by atoms with Crippen LogP contribution in [-0.2, 0) is 5.41 Å². The van der Waals surface area contributed by atoms with Gasteiger partial charge < -0.3 is 28.7 Å². The molecule has 0 fully saturated rings. The maximum absolute atomic E-state index is 5.49. The van der Waals surface area contributed by atoms with Crippen molar-refractivity contribution in [2.24, 2.45) is 0 Å². The molecule has 8 aromatic carbocycles. The van der Waals surface area contributed by atoms with E-state index in [1.165, 1.54) is 84.7 Å². The molecule has 0 aromatic heterocycles. The second-order valence-electron chi connectivity index (χ2n) is 19.6. The molecule has 1 aliphatic rings. The summed E-state index contributed by atoms with van der Waals surface area (Å²) in [5.41, 5.74) is 16.8. The van der Waals surface area contributed by atoms with Gasteiger partial charge in [-0.3, -0.25) is 0 Å². The number of rotatable bonds is 24. The van der Waals surface area contributed by atoms with E-state index < -0.39 is 0 Å². The van der Waals surface area contributed by atoms with Gasteiger partial charge in [-0.2, -0.15) is 0 Å². The number of hydrogen-bond acceptors (Lipinski definition) is 6. The number of nitrogens with zero attached hydrogens (tertiary/aromatic N) is 2. The average molecular weight is 993 g/mol. The molecule has 0 N–H and O–H groups in total. The standard InChI is InChI=1S/C69H72N2O4/c1-7-9-11-13-47-69(48-14-12-10-8-2)67-49-53(17-15-51-19-25-55(26-20-51)70(57-29-37-61(72-3)38-30-57)58-31-39-62(73-4)40-32-58)23-45-65(67)66-46-24-54(50-68(66)69)18-16-52-21-27-56(28-22-52)71(59-33-41-63(74-5)42-34-59)60-35-43-64(75-6)44-36-60/h15-46,49-50H,7-14,47-48H2,1-6H3/b17-15+,18-16+. The quantitative estimate of drug-likeness (QED) is 0.0444. The smallest absolute Gasteiger partial charge is 0.119 e. The van der Waals surface area contributed by atoms with Crippen molar-refractivity contribution in [3.8, 4) is 34.1 Å². The third kappa shape index (κ3) is 12.0. The van der Waals surface area contributed by atoms with Gasteiger partial charge in [-0.1, -0.05) is 150 Å². The zero-order valence-corrected chi connectivity index (χ0v) is 44.7. The third-order valence-electron chi connectivity index (χ3n) is 14.9. The molecule has 0 radical (unpaired) electrons. The highest BCUT2D eigenvalue weighted by atomic mass is 16.5. The van der Waals surface area contributed by atoms with Crippen LogP contribution in [0.15, 0.2) is 182 Å². The topological polar surface area (TPSA) is 43.4 Å². The molecule has 0 amide bonds. The van der Waals surface area contributed by atoms with Gasteiger partial charge in [-0.15, -0.1) is 0 Å². The number of fused-ring (bicyclic) bond motifs is 3. The van der Waals surface area contributed by atoms with E-state index in [0.29, 0.717) is 0 Å². The highest BCUT2D eigenvalue weighted by molar-refractivity contribution is 5.86. The highest BCUT2D eigenvalue weighted by Crippen LogP contribution is 2.55. The van der Waals surface area contributed by atoms with Gasteiger partial charge in [0.15, 0.2) is 0 Å². The van der Waals surface area contributed by atoms with Crippen molar-refractivity contribution in [2.45, 2.75) is 83.5 Å². The zero-order chi connectivity index (χ0) is 52.0. The largest absolute Gasteiger partial charge is 0.497 e. The van der Waals surface area contributed by atoms with Gasteiger partial charge in [0.25, 0.3) is 0 Å². The van der Waals surface area contributed by atoms with E-state index in [4.69, 9.17) is 18.9 Å². The minimum atomic E-state index is -0.0537. The number of unbranched alkanes of at least 4 members (excludes halogenated alkanes) is 6. The van der Waals surface area contributed by atoms with Crippen LogP contribution in [0.2, 0.25) is 0 Å². The Morgan fingerprint density at radius 3 is 0.867 bits per heavy atom. The monoisotopic (exact) mass is 993 g/mol. The van der Waals surface area contributed by atoms with Gasteiger partial charge in [0.1, 0.15) is 23.0 Å². The molecule has 0 unspecified atom stereocenters. The van der Waals surface area contributed by atoms with Crippen LogP contribution in [0.1, 0.15) is 111 Å². The van der Waals surface area contributed by atoms with Crippen LogP contribution in [0.4, 0.5) is 34.1 Å². The maximum atomic E-state index is 5.49. The maximum Gasteiger partial charge on any atom is 0.119 e. The van der Waals surface area contributed by atoms with E-state index >= 15 is 0 Å². The number of benzene rings is 8. The second kappa shape index (κ2) is 24.8. The molecule has 0 bridgehead atoms. The summed E-state index contributed by atoms with van der Waals surface area (Å²) in [5.74, 6) is 3.30. The summed E-state index contributed by atoms with van der Waals surface area (Å²) < 4.78 is 21.9. The lowest BCUT2D eigenvalue weighted by atomic mass is 9.70. The summed E-state index contributed by atoms with van der Waals surface area (Å²) in [6.07, 6.45) is 21.4. The lowest BCUT2D eigenvalue weighted by molar-refractivity contribution is 0.401. The summed E-state index contributed by atoms with van der Waals surface area (Å²) in [7, 11) is 6.80. The Balaban J connectivity index is 1.00. The van der Waals surface area contributed by atoms with Crippen molar-refractivity contribution >= 4 is 58.4 Å². The average Bonchev–Trinajstić information content (AvgIpc) is 3.74. The van der Waals surface area contributed by atoms with Crippen LogP contribution >= 0.6 is 0 Å². The van der Waals surface area contributed by atoms with E-state index in [-0.39, 0.29) is 5.41 Å². The first kappa shape index (κ1) is 51.9. The Labute approximate surface area is 446 Å². The summed E-state index contributed by atoms with van der Waals surface area (Å²) in [4.78, 5) is 4.51. The normalized spacial score (nSPS) is 12.4. The molecule has 6 nitrogen and oxygen atoms in total. The van der Waals surface area contributed by atoms with E-state index in [9.17, 15) is 0 Å². The molecule has 382 valence electrons. The Kier molecular flexibility index (Phi) is 17.2. The van der Waals surface area contributed by atoms with E-state index in [0.717, 1.165) is 81.1 Å². The molecule has 0 atom stereocenters. The molecule has 0 heterocycles. The fourth-order valence-electron chi connectivity index (χ4n) is 10.8. The van der Waals surface area contributed by atoms with Gasteiger partial charge in [-0.05, 0) is 179 Å². The van der Waals surface area contributed by atoms with Gasteiger partial charge in [0, 0.05) is 39.5 Å². The molecule has 0 saturated carbocycles. The number of methoxy groups -OCH3 is 4. The zero-order valence-electron chi connectivity index (χ0n) is 44.7. The molecule has 6 heteroatoms. The van der Waals surface area contributed by atoms with Crippen LogP contribution in [-0.4, -0.2) is 28.4 Å². The minimum absolute atomic E-state index is 0.0537. The van der Waals surface area contributed by atoms with E-state index in [1.54, 1.807) is 28.4 Å². The van der Waals surface area contributed by atoms with E-state index in [1.807, 2.05) is 48.5 Å². The minimum Gasteiger partial charge on any atom is -0.497 e. The summed E-state index contributed by atoms with van der Waals surface area (Å²) in [6.45, 7) is 4.63. The van der Waals surface area contributed by atoms with Gasteiger partial charge in [0.2, 0.25) is 0 Å². The van der Waals surface area contributed by atoms with Crippen molar-refractivity contribution in [3.63, 3.8) is 0 Å². The van der Waals surface area contributed by atoms with Crippen molar-refractivity contribution < 1.29 is 18.9 Å². The molecule has 1 aliphatic carbocycles.